The Bertz CT molecular complexity index is 731. The fraction of sp³-hybridized carbons (Fsp3) is 0.312. The molecule has 0 aliphatic rings. The van der Waals surface area contributed by atoms with Crippen LogP contribution in [0.5, 0.6) is 0 Å². The van der Waals surface area contributed by atoms with Gasteiger partial charge >= 0.3 is 0 Å². The Hall–Kier alpha value is -2.19. The molecule has 128 valence electrons. The molecule has 0 saturated heterocycles. The van der Waals surface area contributed by atoms with Crippen molar-refractivity contribution in [3.63, 3.8) is 0 Å². The molecule has 0 saturated carbocycles. The van der Waals surface area contributed by atoms with Crippen LogP contribution in [0.1, 0.15) is 11.6 Å². The van der Waals surface area contributed by atoms with E-state index in [2.05, 4.69) is 31.7 Å². The summed E-state index contributed by atoms with van der Waals surface area (Å²) in [5.74, 6) is -0.466. The summed E-state index contributed by atoms with van der Waals surface area (Å²) in [5.41, 5.74) is 1.42. The third-order valence-electron chi connectivity index (χ3n) is 3.50. The van der Waals surface area contributed by atoms with Crippen LogP contribution in [-0.4, -0.2) is 47.1 Å². The molecule has 0 bridgehead atoms. The number of hydrogen-bond acceptors (Lipinski definition) is 4. The summed E-state index contributed by atoms with van der Waals surface area (Å²) in [6.07, 6.45) is 3.40. The Morgan fingerprint density at radius 1 is 1.38 bits per heavy atom. The molecule has 2 aromatic rings. The summed E-state index contributed by atoms with van der Waals surface area (Å²) in [7, 11) is 5.09. The van der Waals surface area contributed by atoms with Crippen molar-refractivity contribution in [1.82, 2.24) is 20.0 Å². The van der Waals surface area contributed by atoms with E-state index in [1.54, 1.807) is 44.3 Å². The Morgan fingerprint density at radius 3 is 2.67 bits per heavy atom. The summed E-state index contributed by atoms with van der Waals surface area (Å²) < 4.78 is 2.42. The minimum Gasteiger partial charge on any atom is -0.335 e. The minimum atomic E-state index is -0.542. The molecule has 1 atom stereocenters. The van der Waals surface area contributed by atoms with E-state index in [4.69, 9.17) is 0 Å². The van der Waals surface area contributed by atoms with Gasteiger partial charge in [0, 0.05) is 30.3 Å². The zero-order valence-corrected chi connectivity index (χ0v) is 15.4. The first-order valence-electron chi connectivity index (χ1n) is 7.37. The first-order valence-corrected chi connectivity index (χ1v) is 8.17. The summed E-state index contributed by atoms with van der Waals surface area (Å²) in [5, 5.41) is 9.82. The summed E-state index contributed by atoms with van der Waals surface area (Å²) in [6.45, 7) is -0.0430. The molecule has 0 fully saturated rings. The van der Waals surface area contributed by atoms with Gasteiger partial charge in [-0.2, -0.15) is 5.10 Å². The van der Waals surface area contributed by atoms with Crippen LogP contribution in [0.3, 0.4) is 0 Å². The zero-order valence-electron chi connectivity index (χ0n) is 13.8. The molecule has 1 heterocycles. The number of aromatic nitrogens is 2. The molecule has 2 amide bonds. The average Bonchev–Trinajstić information content (AvgIpc) is 2.96. The number of aryl methyl sites for hydroxylation is 1. The van der Waals surface area contributed by atoms with E-state index in [-0.39, 0.29) is 18.4 Å². The highest BCUT2D eigenvalue weighted by molar-refractivity contribution is 9.10. The fourth-order valence-electron chi connectivity index (χ4n) is 2.29. The van der Waals surface area contributed by atoms with Gasteiger partial charge in [-0.3, -0.25) is 14.3 Å². The number of carbonyl (C=O) groups is 2. The first-order chi connectivity index (χ1) is 11.4. The van der Waals surface area contributed by atoms with E-state index in [1.165, 1.54) is 4.90 Å². The molecular weight excluding hydrogens is 374 g/mol. The number of amides is 2. The lowest BCUT2D eigenvalue weighted by Crippen LogP contribution is -2.41. The highest BCUT2D eigenvalue weighted by atomic mass is 79.9. The smallest absolute Gasteiger partial charge is 0.244 e. The van der Waals surface area contributed by atoms with Crippen molar-refractivity contribution in [2.24, 2.45) is 7.05 Å². The van der Waals surface area contributed by atoms with Gasteiger partial charge in [0.2, 0.25) is 11.8 Å². The molecule has 7 nitrogen and oxygen atoms in total. The SMILES string of the molecule is CNC(C(=O)N(C)CC(=O)Nc1ccccc1Br)c1cnn(C)c1. The van der Waals surface area contributed by atoms with Crippen molar-refractivity contribution in [2.45, 2.75) is 6.04 Å². The molecule has 2 N–H and O–H groups in total. The quantitative estimate of drug-likeness (QED) is 0.779. The molecule has 1 unspecified atom stereocenters. The highest BCUT2D eigenvalue weighted by Crippen LogP contribution is 2.21. The Balaban J connectivity index is 2.00. The first kappa shape index (κ1) is 18.2. The number of benzene rings is 1. The molecular formula is C16H20BrN5O2. The van der Waals surface area contributed by atoms with Gasteiger partial charge in [-0.05, 0) is 35.1 Å². The largest absolute Gasteiger partial charge is 0.335 e. The van der Waals surface area contributed by atoms with Crippen LogP contribution >= 0.6 is 15.9 Å². The van der Waals surface area contributed by atoms with Gasteiger partial charge < -0.3 is 15.5 Å². The van der Waals surface area contributed by atoms with Crippen LogP contribution in [0.4, 0.5) is 5.69 Å². The second kappa shape index (κ2) is 8.07. The van der Waals surface area contributed by atoms with E-state index in [0.717, 1.165) is 10.0 Å². The number of likely N-dealkylation sites (N-methyl/N-ethyl adjacent to an activating group) is 2. The molecule has 0 aliphatic heterocycles. The van der Waals surface area contributed by atoms with Gasteiger partial charge in [0.05, 0.1) is 18.4 Å². The maximum absolute atomic E-state index is 12.6. The Kier molecular flexibility index (Phi) is 6.10. The molecule has 1 aromatic carbocycles. The number of halogens is 1. The zero-order chi connectivity index (χ0) is 17.7. The summed E-state index contributed by atoms with van der Waals surface area (Å²) in [6, 6.07) is 6.77. The second-order valence-corrected chi connectivity index (χ2v) is 6.25. The number of rotatable bonds is 6. The maximum Gasteiger partial charge on any atom is 0.244 e. The van der Waals surface area contributed by atoms with Gasteiger partial charge in [-0.15, -0.1) is 0 Å². The van der Waals surface area contributed by atoms with Crippen molar-refractivity contribution in [2.75, 3.05) is 26.0 Å². The van der Waals surface area contributed by atoms with Crippen LogP contribution in [0.25, 0.3) is 0 Å². The van der Waals surface area contributed by atoms with E-state index in [9.17, 15) is 9.59 Å². The second-order valence-electron chi connectivity index (χ2n) is 5.39. The standard InChI is InChI=1S/C16H20BrN5O2/c1-18-15(11-8-19-22(3)9-11)16(24)21(2)10-14(23)20-13-7-5-4-6-12(13)17/h4-9,15,18H,10H2,1-3H3,(H,20,23). The fourth-order valence-corrected chi connectivity index (χ4v) is 2.67. The van der Waals surface area contributed by atoms with Crippen molar-refractivity contribution < 1.29 is 9.59 Å². The molecule has 8 heteroatoms. The number of nitrogens with one attached hydrogen (secondary N) is 2. The lowest BCUT2D eigenvalue weighted by Gasteiger charge is -2.22. The van der Waals surface area contributed by atoms with Gasteiger partial charge in [-0.25, -0.2) is 0 Å². The van der Waals surface area contributed by atoms with Gasteiger partial charge in [0.15, 0.2) is 0 Å². The van der Waals surface area contributed by atoms with Crippen LogP contribution in [0.15, 0.2) is 41.1 Å². The molecule has 0 aliphatic carbocycles. The van der Waals surface area contributed by atoms with Gasteiger partial charge in [0.1, 0.15) is 6.04 Å². The highest BCUT2D eigenvalue weighted by Gasteiger charge is 2.24. The Labute approximate surface area is 149 Å². The normalized spacial score (nSPS) is 11.8. The van der Waals surface area contributed by atoms with E-state index in [1.807, 2.05) is 18.2 Å². The molecule has 24 heavy (non-hydrogen) atoms. The van der Waals surface area contributed by atoms with E-state index < -0.39 is 6.04 Å². The number of para-hydroxylation sites is 1. The Morgan fingerprint density at radius 2 is 2.08 bits per heavy atom. The molecule has 0 radical (unpaired) electrons. The lowest BCUT2D eigenvalue weighted by molar-refractivity contribution is -0.135. The monoisotopic (exact) mass is 393 g/mol. The van der Waals surface area contributed by atoms with Crippen molar-refractivity contribution in [3.05, 3.63) is 46.7 Å². The van der Waals surface area contributed by atoms with E-state index in [0.29, 0.717) is 5.69 Å². The molecule has 2 rings (SSSR count). The number of nitrogens with zero attached hydrogens (tertiary/aromatic N) is 3. The summed E-state index contributed by atoms with van der Waals surface area (Å²) in [4.78, 5) is 26.1. The van der Waals surface area contributed by atoms with Crippen molar-refractivity contribution >= 4 is 33.4 Å². The van der Waals surface area contributed by atoms with Gasteiger partial charge in [0.25, 0.3) is 0 Å². The predicted molar refractivity (Wildman–Crippen MR) is 95.4 cm³/mol. The third-order valence-corrected chi connectivity index (χ3v) is 4.19. The molecule has 1 aromatic heterocycles. The number of carbonyl (C=O) groups excluding carboxylic acids is 2. The third kappa shape index (κ3) is 4.42. The number of anilines is 1. The predicted octanol–water partition coefficient (Wildman–Crippen LogP) is 1.54. The topological polar surface area (TPSA) is 79.3 Å². The lowest BCUT2D eigenvalue weighted by atomic mass is 10.1. The van der Waals surface area contributed by atoms with Crippen LogP contribution in [0, 0.1) is 0 Å². The minimum absolute atomic E-state index is 0.0430. The van der Waals surface area contributed by atoms with Crippen molar-refractivity contribution in [1.29, 1.82) is 0 Å². The maximum atomic E-state index is 12.6. The van der Waals surface area contributed by atoms with Crippen LogP contribution < -0.4 is 10.6 Å². The van der Waals surface area contributed by atoms with Crippen LogP contribution in [-0.2, 0) is 16.6 Å². The summed E-state index contributed by atoms with van der Waals surface area (Å²) >= 11 is 3.37. The van der Waals surface area contributed by atoms with Crippen molar-refractivity contribution in [3.8, 4) is 0 Å². The average molecular weight is 394 g/mol. The molecule has 0 spiro atoms. The van der Waals surface area contributed by atoms with Gasteiger partial charge in [-0.1, -0.05) is 12.1 Å². The van der Waals surface area contributed by atoms with E-state index >= 15 is 0 Å². The number of hydrogen-bond donors (Lipinski definition) is 2. The van der Waals surface area contributed by atoms with Crippen LogP contribution in [0.2, 0.25) is 0 Å².